The van der Waals surface area contributed by atoms with E-state index in [0.29, 0.717) is 16.7 Å². The van der Waals surface area contributed by atoms with E-state index in [0.717, 1.165) is 12.3 Å². The van der Waals surface area contributed by atoms with Crippen LogP contribution in [0.3, 0.4) is 0 Å². The standard InChI is InChI=1S/C15H13FO4S/c1-9-7-13(10-3-5-11(16)6-4-10)14(21(2,19)20)8-12(9)15(17)18/h3-8H,1-2H3,(H,17,18). The van der Waals surface area contributed by atoms with Gasteiger partial charge in [0, 0.05) is 11.8 Å². The van der Waals surface area contributed by atoms with Gasteiger partial charge in [-0.25, -0.2) is 17.6 Å². The van der Waals surface area contributed by atoms with Crippen molar-refractivity contribution < 1.29 is 22.7 Å². The molecule has 110 valence electrons. The molecule has 0 bridgehead atoms. The first kappa shape index (κ1) is 15.2. The van der Waals surface area contributed by atoms with Crippen LogP contribution in [0.25, 0.3) is 11.1 Å². The molecule has 0 unspecified atom stereocenters. The van der Waals surface area contributed by atoms with Crippen LogP contribution in [0.1, 0.15) is 15.9 Å². The van der Waals surface area contributed by atoms with Gasteiger partial charge in [0.25, 0.3) is 0 Å². The monoisotopic (exact) mass is 308 g/mol. The van der Waals surface area contributed by atoms with E-state index in [-0.39, 0.29) is 10.5 Å². The molecule has 6 heteroatoms. The summed E-state index contributed by atoms with van der Waals surface area (Å²) in [6.07, 6.45) is 1.01. The van der Waals surface area contributed by atoms with Crippen LogP contribution >= 0.6 is 0 Å². The highest BCUT2D eigenvalue weighted by Crippen LogP contribution is 2.30. The summed E-state index contributed by atoms with van der Waals surface area (Å²) in [5, 5.41) is 9.11. The second kappa shape index (κ2) is 5.29. The molecular weight excluding hydrogens is 295 g/mol. The molecule has 0 radical (unpaired) electrons. The molecular formula is C15H13FO4S. The van der Waals surface area contributed by atoms with Crippen LogP contribution in [-0.2, 0) is 9.84 Å². The van der Waals surface area contributed by atoms with Crippen molar-refractivity contribution in [2.45, 2.75) is 11.8 Å². The van der Waals surface area contributed by atoms with E-state index in [1.54, 1.807) is 6.92 Å². The highest BCUT2D eigenvalue weighted by molar-refractivity contribution is 7.90. The van der Waals surface area contributed by atoms with Gasteiger partial charge in [-0.1, -0.05) is 12.1 Å². The largest absolute Gasteiger partial charge is 0.478 e. The van der Waals surface area contributed by atoms with E-state index in [1.807, 2.05) is 0 Å². The maximum atomic E-state index is 13.0. The van der Waals surface area contributed by atoms with Crippen LogP contribution < -0.4 is 0 Å². The average Bonchev–Trinajstić information content (AvgIpc) is 2.37. The fraction of sp³-hybridized carbons (Fsp3) is 0.133. The molecule has 4 nitrogen and oxygen atoms in total. The van der Waals surface area contributed by atoms with E-state index < -0.39 is 21.6 Å². The van der Waals surface area contributed by atoms with Gasteiger partial charge >= 0.3 is 5.97 Å². The summed E-state index contributed by atoms with van der Waals surface area (Å²) in [7, 11) is -3.62. The molecule has 0 aromatic heterocycles. The Morgan fingerprint density at radius 2 is 1.71 bits per heavy atom. The third kappa shape index (κ3) is 3.11. The average molecular weight is 308 g/mol. The molecule has 0 aliphatic rings. The van der Waals surface area contributed by atoms with Crippen molar-refractivity contribution in [2.24, 2.45) is 0 Å². The fourth-order valence-electron chi connectivity index (χ4n) is 2.08. The molecule has 0 aliphatic carbocycles. The van der Waals surface area contributed by atoms with Gasteiger partial charge < -0.3 is 5.11 Å². The summed E-state index contributed by atoms with van der Waals surface area (Å²) in [5.41, 5.74) is 1.24. The number of benzene rings is 2. The lowest BCUT2D eigenvalue weighted by atomic mass is 9.99. The minimum Gasteiger partial charge on any atom is -0.478 e. The van der Waals surface area contributed by atoms with Crippen LogP contribution in [0.5, 0.6) is 0 Å². The topological polar surface area (TPSA) is 71.4 Å². The molecule has 0 heterocycles. The molecule has 2 aromatic carbocycles. The van der Waals surface area contributed by atoms with Gasteiger partial charge in [0.05, 0.1) is 10.5 Å². The first-order valence-electron chi connectivity index (χ1n) is 6.04. The summed E-state index contributed by atoms with van der Waals surface area (Å²) in [6, 6.07) is 8.00. The maximum absolute atomic E-state index is 13.0. The van der Waals surface area contributed by atoms with Gasteiger partial charge in [0.15, 0.2) is 9.84 Å². The van der Waals surface area contributed by atoms with Gasteiger partial charge in [0.1, 0.15) is 5.82 Å². The third-order valence-electron chi connectivity index (χ3n) is 3.11. The second-order valence-electron chi connectivity index (χ2n) is 4.75. The fourth-order valence-corrected chi connectivity index (χ4v) is 2.99. The van der Waals surface area contributed by atoms with Crippen molar-refractivity contribution >= 4 is 15.8 Å². The first-order chi connectivity index (χ1) is 9.70. The van der Waals surface area contributed by atoms with E-state index in [4.69, 9.17) is 5.11 Å². The van der Waals surface area contributed by atoms with Crippen molar-refractivity contribution in [2.75, 3.05) is 6.26 Å². The van der Waals surface area contributed by atoms with E-state index in [9.17, 15) is 17.6 Å². The Kier molecular flexibility index (Phi) is 3.82. The summed E-state index contributed by atoms with van der Waals surface area (Å²) in [6.45, 7) is 1.59. The Hall–Kier alpha value is -2.21. The minimum absolute atomic E-state index is 0.0683. The quantitative estimate of drug-likeness (QED) is 0.946. The number of aromatic carboxylic acids is 1. The summed E-state index contributed by atoms with van der Waals surface area (Å²) < 4.78 is 36.8. The molecule has 0 spiro atoms. The Labute approximate surface area is 121 Å². The Morgan fingerprint density at radius 3 is 2.19 bits per heavy atom. The number of carboxylic acid groups (broad SMARTS) is 1. The molecule has 0 fully saturated rings. The number of hydrogen-bond acceptors (Lipinski definition) is 3. The van der Waals surface area contributed by atoms with Crippen molar-refractivity contribution in [1.82, 2.24) is 0 Å². The lowest BCUT2D eigenvalue weighted by Gasteiger charge is -2.12. The number of aryl methyl sites for hydroxylation is 1. The smallest absolute Gasteiger partial charge is 0.335 e. The number of sulfone groups is 1. The van der Waals surface area contributed by atoms with Crippen LogP contribution in [-0.4, -0.2) is 25.7 Å². The van der Waals surface area contributed by atoms with E-state index in [2.05, 4.69) is 0 Å². The summed E-state index contributed by atoms with van der Waals surface area (Å²) >= 11 is 0. The number of rotatable bonds is 3. The second-order valence-corrected chi connectivity index (χ2v) is 6.73. The number of halogens is 1. The lowest BCUT2D eigenvalue weighted by molar-refractivity contribution is 0.0696. The zero-order valence-electron chi connectivity index (χ0n) is 11.4. The van der Waals surface area contributed by atoms with Crippen molar-refractivity contribution in [3.05, 3.63) is 53.3 Å². The van der Waals surface area contributed by atoms with Crippen molar-refractivity contribution in [1.29, 1.82) is 0 Å². The molecule has 0 aliphatic heterocycles. The normalized spacial score (nSPS) is 11.4. The van der Waals surface area contributed by atoms with Gasteiger partial charge in [-0.3, -0.25) is 0 Å². The summed E-state index contributed by atoms with van der Waals surface area (Å²) in [5.74, 6) is -1.62. The van der Waals surface area contributed by atoms with E-state index in [1.165, 1.54) is 30.3 Å². The molecule has 0 atom stereocenters. The van der Waals surface area contributed by atoms with Crippen LogP contribution in [0.15, 0.2) is 41.3 Å². The van der Waals surface area contributed by atoms with Gasteiger partial charge in [0.2, 0.25) is 0 Å². The number of carbonyl (C=O) groups is 1. The van der Waals surface area contributed by atoms with Gasteiger partial charge in [-0.2, -0.15) is 0 Å². The predicted octanol–water partition coefficient (Wildman–Crippen LogP) is 2.90. The lowest BCUT2D eigenvalue weighted by Crippen LogP contribution is -2.06. The maximum Gasteiger partial charge on any atom is 0.335 e. The SMILES string of the molecule is Cc1cc(-c2ccc(F)cc2)c(S(C)(=O)=O)cc1C(=O)O. The zero-order chi connectivity index (χ0) is 15.8. The number of carboxylic acids is 1. The molecule has 0 saturated carbocycles. The highest BCUT2D eigenvalue weighted by atomic mass is 32.2. The molecule has 21 heavy (non-hydrogen) atoms. The third-order valence-corrected chi connectivity index (χ3v) is 4.25. The van der Waals surface area contributed by atoms with Crippen LogP contribution in [0.4, 0.5) is 4.39 Å². The predicted molar refractivity (Wildman–Crippen MR) is 76.6 cm³/mol. The molecule has 1 N–H and O–H groups in total. The summed E-state index contributed by atoms with van der Waals surface area (Å²) in [4.78, 5) is 11.1. The van der Waals surface area contributed by atoms with Crippen LogP contribution in [0, 0.1) is 12.7 Å². The van der Waals surface area contributed by atoms with Gasteiger partial charge in [-0.05, 0) is 42.3 Å². The van der Waals surface area contributed by atoms with E-state index >= 15 is 0 Å². The van der Waals surface area contributed by atoms with Crippen molar-refractivity contribution in [3.8, 4) is 11.1 Å². The zero-order valence-corrected chi connectivity index (χ0v) is 12.2. The van der Waals surface area contributed by atoms with Crippen LogP contribution in [0.2, 0.25) is 0 Å². The Balaban J connectivity index is 2.79. The number of hydrogen-bond donors (Lipinski definition) is 1. The Morgan fingerprint density at radius 1 is 1.14 bits per heavy atom. The molecule has 0 amide bonds. The van der Waals surface area contributed by atoms with Crippen molar-refractivity contribution in [3.63, 3.8) is 0 Å². The molecule has 0 saturated heterocycles. The van der Waals surface area contributed by atoms with Gasteiger partial charge in [-0.15, -0.1) is 0 Å². The highest BCUT2D eigenvalue weighted by Gasteiger charge is 2.19. The first-order valence-corrected chi connectivity index (χ1v) is 7.93. The molecule has 2 rings (SSSR count). The minimum atomic E-state index is -3.62. The molecule has 2 aromatic rings. The Bertz CT molecular complexity index is 808.